The summed E-state index contributed by atoms with van der Waals surface area (Å²) in [5, 5.41) is 2.67. The van der Waals surface area contributed by atoms with E-state index in [0.717, 1.165) is 0 Å². The van der Waals surface area contributed by atoms with Crippen molar-refractivity contribution in [1.29, 1.82) is 0 Å². The van der Waals surface area contributed by atoms with Crippen LogP contribution in [-0.2, 0) is 9.53 Å². The van der Waals surface area contributed by atoms with Crippen LogP contribution in [0.25, 0.3) is 0 Å². The van der Waals surface area contributed by atoms with Crippen molar-refractivity contribution < 1.29 is 14.3 Å². The van der Waals surface area contributed by atoms with Gasteiger partial charge in [-0.25, -0.2) is 4.79 Å². The third-order valence-corrected chi connectivity index (χ3v) is 2.62. The highest BCUT2D eigenvalue weighted by molar-refractivity contribution is 5.93. The van der Waals surface area contributed by atoms with E-state index in [2.05, 4.69) is 5.32 Å². The molecule has 6 heteroatoms. The Morgan fingerprint density at radius 3 is 3.00 bits per heavy atom. The number of amides is 2. The Kier molecular flexibility index (Phi) is 3.47. The van der Waals surface area contributed by atoms with E-state index < -0.39 is 6.09 Å². The molecule has 6 nitrogen and oxygen atoms in total. The minimum atomic E-state index is -0.412. The summed E-state index contributed by atoms with van der Waals surface area (Å²) in [5.41, 5.74) is 6.80. The molecule has 1 atom stereocenters. The predicted molar refractivity (Wildman–Crippen MR) is 67.4 cm³/mol. The average Bonchev–Trinajstić information content (AvgIpc) is 2.70. The molecule has 1 aromatic rings. The molecule has 0 aliphatic carbocycles. The van der Waals surface area contributed by atoms with Crippen molar-refractivity contribution in [2.45, 2.75) is 13.0 Å². The topological polar surface area (TPSA) is 84.7 Å². The zero-order valence-corrected chi connectivity index (χ0v) is 10.1. The van der Waals surface area contributed by atoms with Gasteiger partial charge in [0.1, 0.15) is 6.10 Å². The average molecular weight is 249 g/mol. The van der Waals surface area contributed by atoms with Gasteiger partial charge in [-0.1, -0.05) is 6.07 Å². The SMILES string of the molecule is CC(=O)Nc1cccc(N2CC(CN)OC2=O)c1. The Hall–Kier alpha value is -2.08. The number of cyclic esters (lactones) is 1. The molecule has 1 aliphatic heterocycles. The predicted octanol–water partition coefficient (Wildman–Crippen LogP) is 0.929. The summed E-state index contributed by atoms with van der Waals surface area (Å²) in [5.74, 6) is -0.156. The molecule has 96 valence electrons. The van der Waals surface area contributed by atoms with Gasteiger partial charge in [0.2, 0.25) is 5.91 Å². The van der Waals surface area contributed by atoms with Gasteiger partial charge in [0.25, 0.3) is 0 Å². The molecule has 1 unspecified atom stereocenters. The summed E-state index contributed by atoms with van der Waals surface area (Å²) in [7, 11) is 0. The van der Waals surface area contributed by atoms with Crippen molar-refractivity contribution in [3.63, 3.8) is 0 Å². The van der Waals surface area contributed by atoms with E-state index in [-0.39, 0.29) is 12.0 Å². The summed E-state index contributed by atoms with van der Waals surface area (Å²) in [4.78, 5) is 24.1. The number of nitrogens with one attached hydrogen (secondary N) is 1. The molecule has 1 fully saturated rings. The summed E-state index contributed by atoms with van der Waals surface area (Å²) in [6.45, 7) is 2.16. The lowest BCUT2D eigenvalue weighted by atomic mass is 10.2. The van der Waals surface area contributed by atoms with Crippen LogP contribution in [0.2, 0.25) is 0 Å². The first kappa shape index (κ1) is 12.4. The van der Waals surface area contributed by atoms with Crippen LogP contribution >= 0.6 is 0 Å². The van der Waals surface area contributed by atoms with E-state index in [1.165, 1.54) is 11.8 Å². The quantitative estimate of drug-likeness (QED) is 0.834. The fraction of sp³-hybridized carbons (Fsp3) is 0.333. The molecule has 0 saturated carbocycles. The van der Waals surface area contributed by atoms with Gasteiger partial charge in [0.05, 0.1) is 6.54 Å². The van der Waals surface area contributed by atoms with Crippen LogP contribution in [0.4, 0.5) is 16.2 Å². The first-order chi connectivity index (χ1) is 8.60. The van der Waals surface area contributed by atoms with Crippen molar-refractivity contribution in [3.05, 3.63) is 24.3 Å². The van der Waals surface area contributed by atoms with Gasteiger partial charge in [-0.3, -0.25) is 9.69 Å². The van der Waals surface area contributed by atoms with Crippen molar-refractivity contribution in [3.8, 4) is 0 Å². The molecule has 1 aromatic carbocycles. The van der Waals surface area contributed by atoms with E-state index in [1.54, 1.807) is 24.3 Å². The Balaban J connectivity index is 2.18. The van der Waals surface area contributed by atoms with Crippen LogP contribution in [0.5, 0.6) is 0 Å². The fourth-order valence-electron chi connectivity index (χ4n) is 1.81. The third-order valence-electron chi connectivity index (χ3n) is 2.62. The number of nitrogens with two attached hydrogens (primary N) is 1. The van der Waals surface area contributed by atoms with Crippen LogP contribution in [0.1, 0.15) is 6.92 Å². The standard InChI is InChI=1S/C12H15N3O3/c1-8(16)14-9-3-2-4-10(5-9)15-7-11(6-13)18-12(15)17/h2-5,11H,6-7,13H2,1H3,(H,14,16). The molecule has 0 bridgehead atoms. The molecule has 18 heavy (non-hydrogen) atoms. The minimum absolute atomic E-state index is 0.156. The molecular formula is C12H15N3O3. The maximum Gasteiger partial charge on any atom is 0.414 e. The number of ether oxygens (including phenoxy) is 1. The second-order valence-corrected chi connectivity index (χ2v) is 4.08. The number of nitrogens with zero attached hydrogens (tertiary/aromatic N) is 1. The smallest absolute Gasteiger partial charge is 0.414 e. The Morgan fingerprint density at radius 2 is 2.39 bits per heavy atom. The van der Waals surface area contributed by atoms with Crippen LogP contribution in [0, 0.1) is 0 Å². The van der Waals surface area contributed by atoms with E-state index in [9.17, 15) is 9.59 Å². The van der Waals surface area contributed by atoms with Gasteiger partial charge in [-0.2, -0.15) is 0 Å². The molecule has 3 N–H and O–H groups in total. The van der Waals surface area contributed by atoms with Crippen molar-refractivity contribution in [1.82, 2.24) is 0 Å². The van der Waals surface area contributed by atoms with E-state index in [1.807, 2.05) is 0 Å². The number of hydrogen-bond acceptors (Lipinski definition) is 4. The van der Waals surface area contributed by atoms with E-state index >= 15 is 0 Å². The number of benzene rings is 1. The lowest BCUT2D eigenvalue weighted by Gasteiger charge is -2.14. The maximum absolute atomic E-state index is 11.6. The van der Waals surface area contributed by atoms with Crippen LogP contribution < -0.4 is 16.0 Å². The molecule has 0 radical (unpaired) electrons. The lowest BCUT2D eigenvalue weighted by Crippen LogP contribution is -2.27. The van der Waals surface area contributed by atoms with Crippen molar-refractivity contribution >= 4 is 23.4 Å². The number of carbonyl (C=O) groups excluding carboxylic acids is 2. The zero-order chi connectivity index (χ0) is 13.1. The molecule has 1 saturated heterocycles. The molecule has 1 aliphatic rings. The van der Waals surface area contributed by atoms with Gasteiger partial charge in [0, 0.05) is 24.8 Å². The molecule has 0 aromatic heterocycles. The number of carbonyl (C=O) groups is 2. The van der Waals surface area contributed by atoms with E-state index in [0.29, 0.717) is 24.5 Å². The molecule has 1 heterocycles. The Morgan fingerprint density at radius 1 is 1.61 bits per heavy atom. The highest BCUT2D eigenvalue weighted by atomic mass is 16.6. The second-order valence-electron chi connectivity index (χ2n) is 4.08. The molecule has 0 spiro atoms. The van der Waals surface area contributed by atoms with Crippen LogP contribution in [-0.4, -0.2) is 31.2 Å². The van der Waals surface area contributed by atoms with E-state index in [4.69, 9.17) is 10.5 Å². The fourth-order valence-corrected chi connectivity index (χ4v) is 1.81. The molecular weight excluding hydrogens is 234 g/mol. The molecule has 2 rings (SSSR count). The maximum atomic E-state index is 11.6. The summed E-state index contributed by atoms with van der Waals surface area (Å²) in [6.07, 6.45) is -0.688. The molecule has 2 amide bonds. The van der Waals surface area contributed by atoms with Crippen molar-refractivity contribution in [2.24, 2.45) is 5.73 Å². The first-order valence-electron chi connectivity index (χ1n) is 5.66. The normalized spacial score (nSPS) is 18.7. The first-order valence-corrected chi connectivity index (χ1v) is 5.66. The monoisotopic (exact) mass is 249 g/mol. The number of rotatable bonds is 3. The highest BCUT2D eigenvalue weighted by Crippen LogP contribution is 2.24. The summed E-state index contributed by atoms with van der Waals surface area (Å²) in [6, 6.07) is 7.03. The summed E-state index contributed by atoms with van der Waals surface area (Å²) < 4.78 is 5.07. The van der Waals surface area contributed by atoms with Gasteiger partial charge in [-0.15, -0.1) is 0 Å². The van der Waals surface area contributed by atoms with Gasteiger partial charge < -0.3 is 15.8 Å². The van der Waals surface area contributed by atoms with Gasteiger partial charge >= 0.3 is 6.09 Å². The largest absolute Gasteiger partial charge is 0.443 e. The Bertz CT molecular complexity index is 475. The summed E-state index contributed by atoms with van der Waals surface area (Å²) >= 11 is 0. The number of anilines is 2. The zero-order valence-electron chi connectivity index (χ0n) is 10.1. The minimum Gasteiger partial charge on any atom is -0.443 e. The van der Waals surface area contributed by atoms with Crippen molar-refractivity contribution in [2.75, 3.05) is 23.3 Å². The number of hydrogen-bond donors (Lipinski definition) is 2. The highest BCUT2D eigenvalue weighted by Gasteiger charge is 2.31. The third kappa shape index (κ3) is 2.60. The van der Waals surface area contributed by atoms with Crippen LogP contribution in [0.3, 0.4) is 0 Å². The Labute approximate surface area is 105 Å². The lowest BCUT2D eigenvalue weighted by molar-refractivity contribution is -0.114. The second kappa shape index (κ2) is 5.05. The van der Waals surface area contributed by atoms with Gasteiger partial charge in [-0.05, 0) is 18.2 Å². The van der Waals surface area contributed by atoms with Crippen LogP contribution in [0.15, 0.2) is 24.3 Å². The van der Waals surface area contributed by atoms with Gasteiger partial charge in [0.15, 0.2) is 0 Å².